The van der Waals surface area contributed by atoms with Gasteiger partial charge in [0.15, 0.2) is 0 Å². The SMILES string of the molecule is CCOC(=O)C(c1ccc(Cl)cc1)N1CCN(C(=O)c2cc(Cl)c[nH]2)CC1. The smallest absolute Gasteiger partial charge is 0.328 e. The molecule has 1 saturated heterocycles. The summed E-state index contributed by atoms with van der Waals surface area (Å²) in [7, 11) is 0. The lowest BCUT2D eigenvalue weighted by Gasteiger charge is -2.38. The van der Waals surface area contributed by atoms with E-state index in [4.69, 9.17) is 27.9 Å². The van der Waals surface area contributed by atoms with Crippen molar-refractivity contribution in [2.24, 2.45) is 0 Å². The van der Waals surface area contributed by atoms with Crippen LogP contribution < -0.4 is 0 Å². The summed E-state index contributed by atoms with van der Waals surface area (Å²) in [5.74, 6) is -0.392. The number of carbonyl (C=O) groups is 2. The van der Waals surface area contributed by atoms with Gasteiger partial charge in [-0.25, -0.2) is 4.79 Å². The number of aromatic nitrogens is 1. The molecule has 8 heteroatoms. The van der Waals surface area contributed by atoms with E-state index in [0.29, 0.717) is 48.5 Å². The number of piperazine rings is 1. The van der Waals surface area contributed by atoms with Gasteiger partial charge in [-0.3, -0.25) is 9.69 Å². The number of carbonyl (C=O) groups excluding carboxylic acids is 2. The summed E-state index contributed by atoms with van der Waals surface area (Å²) in [6.07, 6.45) is 1.59. The fourth-order valence-electron chi connectivity index (χ4n) is 3.21. The molecule has 3 rings (SSSR count). The molecule has 2 heterocycles. The van der Waals surface area contributed by atoms with Crippen LogP contribution in [0.5, 0.6) is 0 Å². The topological polar surface area (TPSA) is 65.6 Å². The summed E-state index contributed by atoms with van der Waals surface area (Å²) in [4.78, 5) is 31.8. The van der Waals surface area contributed by atoms with E-state index in [-0.39, 0.29) is 11.9 Å². The molecule has 144 valence electrons. The normalized spacial score (nSPS) is 16.2. The minimum Gasteiger partial charge on any atom is -0.465 e. The van der Waals surface area contributed by atoms with Crippen molar-refractivity contribution in [2.45, 2.75) is 13.0 Å². The van der Waals surface area contributed by atoms with Gasteiger partial charge < -0.3 is 14.6 Å². The fourth-order valence-corrected chi connectivity index (χ4v) is 3.50. The Bertz CT molecular complexity index is 799. The van der Waals surface area contributed by atoms with E-state index in [1.165, 1.54) is 0 Å². The minimum absolute atomic E-state index is 0.0965. The Morgan fingerprint density at radius 2 is 1.78 bits per heavy atom. The van der Waals surface area contributed by atoms with Crippen molar-refractivity contribution in [1.82, 2.24) is 14.8 Å². The van der Waals surface area contributed by atoms with E-state index in [1.54, 1.807) is 36.2 Å². The van der Waals surface area contributed by atoms with Crippen molar-refractivity contribution < 1.29 is 14.3 Å². The Labute approximate surface area is 168 Å². The predicted octanol–water partition coefficient (Wildman–Crippen LogP) is 3.38. The van der Waals surface area contributed by atoms with E-state index in [2.05, 4.69) is 4.98 Å². The second-order valence-electron chi connectivity index (χ2n) is 6.27. The maximum absolute atomic E-state index is 12.6. The Balaban J connectivity index is 1.71. The van der Waals surface area contributed by atoms with E-state index in [9.17, 15) is 9.59 Å². The Hall–Kier alpha value is -2.02. The van der Waals surface area contributed by atoms with Crippen LogP contribution >= 0.6 is 23.2 Å². The first-order valence-corrected chi connectivity index (χ1v) is 9.54. The number of nitrogens with one attached hydrogen (secondary N) is 1. The molecule has 0 spiro atoms. The van der Waals surface area contributed by atoms with Gasteiger partial charge >= 0.3 is 5.97 Å². The number of halogens is 2. The van der Waals surface area contributed by atoms with Crippen LogP contribution in [0.3, 0.4) is 0 Å². The van der Waals surface area contributed by atoms with Gasteiger partial charge in [0, 0.05) is 37.4 Å². The zero-order chi connectivity index (χ0) is 19.4. The zero-order valence-corrected chi connectivity index (χ0v) is 16.5. The third-order valence-electron chi connectivity index (χ3n) is 4.54. The lowest BCUT2D eigenvalue weighted by molar-refractivity contribution is -0.150. The average Bonchev–Trinajstić information content (AvgIpc) is 3.10. The quantitative estimate of drug-likeness (QED) is 0.768. The van der Waals surface area contributed by atoms with Gasteiger partial charge in [-0.15, -0.1) is 0 Å². The fraction of sp³-hybridized carbons (Fsp3) is 0.368. The number of nitrogens with zero attached hydrogens (tertiary/aromatic N) is 2. The number of esters is 1. The monoisotopic (exact) mass is 409 g/mol. The van der Waals surface area contributed by atoms with Gasteiger partial charge in [0.25, 0.3) is 5.91 Å². The summed E-state index contributed by atoms with van der Waals surface area (Å²) in [6.45, 7) is 4.25. The minimum atomic E-state index is -0.514. The van der Waals surface area contributed by atoms with Gasteiger partial charge in [-0.2, -0.15) is 0 Å². The third kappa shape index (κ3) is 4.64. The van der Waals surface area contributed by atoms with Gasteiger partial charge in [0.1, 0.15) is 11.7 Å². The van der Waals surface area contributed by atoms with Gasteiger partial charge in [0.2, 0.25) is 0 Å². The van der Waals surface area contributed by atoms with Crippen molar-refractivity contribution >= 4 is 35.1 Å². The number of hydrogen-bond donors (Lipinski definition) is 1. The molecule has 0 bridgehead atoms. The van der Waals surface area contributed by atoms with Crippen LogP contribution in [0.1, 0.15) is 29.0 Å². The van der Waals surface area contributed by atoms with Gasteiger partial charge in [-0.1, -0.05) is 35.3 Å². The van der Waals surface area contributed by atoms with Gasteiger partial charge in [-0.05, 0) is 30.7 Å². The first-order valence-electron chi connectivity index (χ1n) is 8.79. The number of hydrogen-bond acceptors (Lipinski definition) is 4. The first kappa shape index (κ1) is 19.7. The molecule has 1 aromatic heterocycles. The van der Waals surface area contributed by atoms with E-state index >= 15 is 0 Å². The Morgan fingerprint density at radius 1 is 1.11 bits per heavy atom. The highest BCUT2D eigenvalue weighted by atomic mass is 35.5. The molecule has 2 aromatic rings. The summed E-state index contributed by atoms with van der Waals surface area (Å²) in [5, 5.41) is 1.11. The van der Waals surface area contributed by atoms with Crippen LogP contribution in [0.2, 0.25) is 10.0 Å². The molecule has 6 nitrogen and oxygen atoms in total. The summed E-state index contributed by atoms with van der Waals surface area (Å²) >= 11 is 11.9. The molecule has 0 aliphatic carbocycles. The second-order valence-corrected chi connectivity index (χ2v) is 7.14. The average molecular weight is 410 g/mol. The lowest BCUT2D eigenvalue weighted by Crippen LogP contribution is -2.51. The van der Waals surface area contributed by atoms with Crippen molar-refractivity contribution in [3.8, 4) is 0 Å². The molecule has 1 amide bonds. The lowest BCUT2D eigenvalue weighted by atomic mass is 10.0. The molecule has 27 heavy (non-hydrogen) atoms. The molecule has 1 fully saturated rings. The van der Waals surface area contributed by atoms with Crippen molar-refractivity contribution in [1.29, 1.82) is 0 Å². The number of H-pyrrole nitrogens is 1. The molecular weight excluding hydrogens is 389 g/mol. The van der Waals surface area contributed by atoms with Crippen LogP contribution in [0, 0.1) is 0 Å². The van der Waals surface area contributed by atoms with Crippen LogP contribution in [0.4, 0.5) is 0 Å². The molecule has 1 N–H and O–H groups in total. The van der Waals surface area contributed by atoms with Crippen LogP contribution in [-0.2, 0) is 9.53 Å². The summed E-state index contributed by atoms with van der Waals surface area (Å²) in [5.41, 5.74) is 1.29. The molecule has 1 aliphatic heterocycles. The maximum Gasteiger partial charge on any atom is 0.328 e. The van der Waals surface area contributed by atoms with Crippen LogP contribution in [0.25, 0.3) is 0 Å². The number of benzene rings is 1. The van der Waals surface area contributed by atoms with Crippen LogP contribution in [-0.4, -0.2) is 59.4 Å². The highest BCUT2D eigenvalue weighted by molar-refractivity contribution is 6.31. The molecule has 1 aromatic carbocycles. The predicted molar refractivity (Wildman–Crippen MR) is 104 cm³/mol. The Kier molecular flexibility index (Phi) is 6.42. The van der Waals surface area contributed by atoms with Crippen LogP contribution in [0.15, 0.2) is 36.5 Å². The molecule has 0 radical (unpaired) electrons. The maximum atomic E-state index is 12.6. The molecule has 1 aliphatic rings. The highest BCUT2D eigenvalue weighted by Gasteiger charge is 2.33. The molecule has 1 atom stereocenters. The number of aromatic amines is 1. The molecule has 1 unspecified atom stereocenters. The van der Waals surface area contributed by atoms with Crippen molar-refractivity contribution in [2.75, 3.05) is 32.8 Å². The number of ether oxygens (including phenoxy) is 1. The first-order chi connectivity index (χ1) is 13.0. The zero-order valence-electron chi connectivity index (χ0n) is 15.0. The largest absolute Gasteiger partial charge is 0.465 e. The van der Waals surface area contributed by atoms with Crippen molar-refractivity contribution in [3.05, 3.63) is 57.8 Å². The summed E-state index contributed by atoms with van der Waals surface area (Å²) in [6, 6.07) is 8.30. The van der Waals surface area contributed by atoms with Gasteiger partial charge in [0.05, 0.1) is 11.6 Å². The van der Waals surface area contributed by atoms with E-state index in [0.717, 1.165) is 5.56 Å². The highest BCUT2D eigenvalue weighted by Crippen LogP contribution is 2.26. The number of rotatable bonds is 5. The van der Waals surface area contributed by atoms with E-state index < -0.39 is 6.04 Å². The third-order valence-corrected chi connectivity index (χ3v) is 5.01. The Morgan fingerprint density at radius 3 is 2.33 bits per heavy atom. The number of amides is 1. The molecular formula is C19H21Cl2N3O3. The van der Waals surface area contributed by atoms with E-state index in [1.807, 2.05) is 17.0 Å². The summed E-state index contributed by atoms with van der Waals surface area (Å²) < 4.78 is 5.27. The molecule has 0 saturated carbocycles. The second kappa shape index (κ2) is 8.78. The van der Waals surface area contributed by atoms with Crippen molar-refractivity contribution in [3.63, 3.8) is 0 Å². The standard InChI is InChI=1S/C19H21Cl2N3O3/c1-2-27-19(26)17(13-3-5-14(20)6-4-13)23-7-9-24(10-8-23)18(25)16-11-15(21)12-22-16/h3-6,11-12,17,22H,2,7-10H2,1H3.